The first-order valence-corrected chi connectivity index (χ1v) is 16.3. The molecule has 1 atom stereocenters. The lowest BCUT2D eigenvalue weighted by atomic mass is 10.1. The van der Waals surface area contributed by atoms with Crippen LogP contribution in [-0.4, -0.2) is 74.0 Å². The number of rotatable bonds is 13. The number of aromatic nitrogens is 6. The van der Waals surface area contributed by atoms with E-state index in [0.29, 0.717) is 39.7 Å². The minimum Gasteiger partial charge on any atom is -0.493 e. The molecule has 13 nitrogen and oxygen atoms in total. The molecule has 0 fully saturated rings. The van der Waals surface area contributed by atoms with Crippen LogP contribution in [0.15, 0.2) is 79.4 Å². The summed E-state index contributed by atoms with van der Waals surface area (Å²) in [5, 5.41) is 2.87. The van der Waals surface area contributed by atoms with Gasteiger partial charge in [0.15, 0.2) is 11.5 Å². The number of amides is 1. The van der Waals surface area contributed by atoms with Crippen molar-refractivity contribution in [3.8, 4) is 17.2 Å². The molecule has 0 bridgehead atoms. The lowest BCUT2D eigenvalue weighted by Crippen LogP contribution is -2.28. The molecule has 14 heteroatoms. The molecule has 3 aromatic heterocycles. The Balaban J connectivity index is 1.25. The second-order valence-corrected chi connectivity index (χ2v) is 12.3. The van der Waals surface area contributed by atoms with Crippen LogP contribution in [0, 0.1) is 0 Å². The smallest absolute Gasteiger partial charge is 0.264 e. The number of benzene rings is 3. The predicted molar refractivity (Wildman–Crippen MR) is 172 cm³/mol. The van der Waals surface area contributed by atoms with Crippen LogP contribution in [0.25, 0.3) is 27.8 Å². The van der Waals surface area contributed by atoms with Crippen molar-refractivity contribution in [2.75, 3.05) is 26.0 Å². The maximum absolute atomic E-state index is 13.1. The van der Waals surface area contributed by atoms with E-state index in [4.69, 9.17) is 19.4 Å². The summed E-state index contributed by atoms with van der Waals surface area (Å²) in [5.41, 5.74) is 4.27. The van der Waals surface area contributed by atoms with Crippen molar-refractivity contribution in [1.29, 1.82) is 0 Å². The number of hydrogen-bond acceptors (Lipinski definition) is 8. The molecule has 6 rings (SSSR count). The Kier molecular flexibility index (Phi) is 8.72. The van der Waals surface area contributed by atoms with E-state index in [9.17, 15) is 17.8 Å². The highest BCUT2D eigenvalue weighted by atomic mass is 32.2. The third-order valence-electron chi connectivity index (χ3n) is 7.62. The molecule has 0 aliphatic heterocycles. The molecule has 3 aromatic carbocycles. The number of hydrogen-bond donors (Lipinski definition) is 3. The summed E-state index contributed by atoms with van der Waals surface area (Å²) in [6.07, 6.45) is 5.44. The van der Waals surface area contributed by atoms with Crippen molar-refractivity contribution in [3.05, 3.63) is 96.6 Å². The Morgan fingerprint density at radius 3 is 2.65 bits per heavy atom. The van der Waals surface area contributed by atoms with Crippen LogP contribution in [0.1, 0.15) is 41.3 Å². The first-order valence-electron chi connectivity index (χ1n) is 14.7. The summed E-state index contributed by atoms with van der Waals surface area (Å²) < 4.78 is 47.2. The van der Waals surface area contributed by atoms with Gasteiger partial charge in [-0.25, -0.2) is 15.0 Å². The van der Waals surface area contributed by atoms with Gasteiger partial charge < -0.3 is 28.9 Å². The zero-order valence-electron chi connectivity index (χ0n) is 25.3. The Morgan fingerprint density at radius 2 is 1.89 bits per heavy atom. The molecule has 0 aliphatic rings. The summed E-state index contributed by atoms with van der Waals surface area (Å²) >= 11 is 0. The van der Waals surface area contributed by atoms with Crippen molar-refractivity contribution < 1.29 is 27.2 Å². The number of nitrogens with one attached hydrogen (secondary N) is 2. The van der Waals surface area contributed by atoms with Crippen LogP contribution < -0.4 is 14.8 Å². The first kappa shape index (κ1) is 30.8. The second-order valence-electron chi connectivity index (χ2n) is 10.7. The van der Waals surface area contributed by atoms with E-state index in [1.54, 1.807) is 50.0 Å². The zero-order valence-corrected chi connectivity index (χ0v) is 26.1. The van der Waals surface area contributed by atoms with Gasteiger partial charge in [-0.1, -0.05) is 12.1 Å². The van der Waals surface area contributed by atoms with E-state index in [1.165, 1.54) is 0 Å². The molecule has 1 unspecified atom stereocenters. The van der Waals surface area contributed by atoms with Gasteiger partial charge in [0.25, 0.3) is 16.0 Å². The standard InChI is InChI=1S/C32H33N7O6S/c1-21(30-35-24-11-9-23(19-26(24)36-30)38-15-12-33-20-38)31-37-25-10-8-22(18-27(25)39(31)14-5-17-46(41,42)43)32(40)34-13-16-45-29-7-4-3-6-28(29)44-2/h3-4,6-12,15,18-21H,5,13-14,16-17H2,1-2H3,(H,34,40)(H,35,36)(H,41,42,43). The van der Waals surface area contributed by atoms with Crippen LogP contribution in [0.5, 0.6) is 11.5 Å². The highest BCUT2D eigenvalue weighted by molar-refractivity contribution is 7.85. The zero-order chi connectivity index (χ0) is 32.3. The number of aryl methyl sites for hydroxylation is 1. The minimum atomic E-state index is -4.16. The average molecular weight is 644 g/mol. The van der Waals surface area contributed by atoms with Gasteiger partial charge in [-0.3, -0.25) is 9.35 Å². The molecule has 3 N–H and O–H groups in total. The Labute approximate surface area is 265 Å². The van der Waals surface area contributed by atoms with Crippen molar-refractivity contribution >= 4 is 38.1 Å². The molecule has 0 aliphatic carbocycles. The molecule has 0 spiro atoms. The van der Waals surface area contributed by atoms with Crippen LogP contribution in [0.3, 0.4) is 0 Å². The molecule has 1 amide bonds. The minimum absolute atomic E-state index is 0.148. The van der Waals surface area contributed by atoms with Gasteiger partial charge >= 0.3 is 0 Å². The fourth-order valence-corrected chi connectivity index (χ4v) is 5.83. The predicted octanol–water partition coefficient (Wildman–Crippen LogP) is 4.35. The highest BCUT2D eigenvalue weighted by Gasteiger charge is 2.22. The molecule has 0 saturated heterocycles. The monoisotopic (exact) mass is 643 g/mol. The fraction of sp³-hybridized carbons (Fsp3) is 0.250. The lowest BCUT2D eigenvalue weighted by molar-refractivity contribution is 0.0947. The molecular formula is C32H33N7O6S. The maximum Gasteiger partial charge on any atom is 0.264 e. The van der Waals surface area contributed by atoms with E-state index in [-0.39, 0.29) is 37.9 Å². The van der Waals surface area contributed by atoms with Gasteiger partial charge in [-0.05, 0) is 61.9 Å². The number of carbonyl (C=O) groups is 1. The number of carbonyl (C=O) groups excluding carboxylic acids is 1. The summed E-state index contributed by atoms with van der Waals surface area (Å²) in [7, 11) is -2.59. The second kappa shape index (κ2) is 13.0. The van der Waals surface area contributed by atoms with Crippen molar-refractivity contribution in [3.63, 3.8) is 0 Å². The number of ether oxygens (including phenoxy) is 2. The number of H-pyrrole nitrogens is 1. The molecule has 6 aromatic rings. The van der Waals surface area contributed by atoms with Gasteiger partial charge in [0, 0.05) is 30.2 Å². The van der Waals surface area contributed by atoms with Gasteiger partial charge in [-0.15, -0.1) is 0 Å². The topological polar surface area (TPSA) is 166 Å². The SMILES string of the molecule is COc1ccccc1OCCNC(=O)c1ccc2nc(C(C)c3nc4cc(-n5ccnc5)ccc4[nH]3)n(CCCS(=O)(=O)O)c2c1. The molecule has 0 saturated carbocycles. The number of aromatic amines is 1. The van der Waals surface area contributed by atoms with Gasteiger partial charge in [0.1, 0.15) is 18.3 Å². The molecular weight excluding hydrogens is 610 g/mol. The summed E-state index contributed by atoms with van der Waals surface area (Å²) in [5.74, 6) is 1.49. The first-order chi connectivity index (χ1) is 22.2. The Bertz CT molecular complexity index is 2100. The van der Waals surface area contributed by atoms with E-state index >= 15 is 0 Å². The van der Waals surface area contributed by atoms with Crippen molar-refractivity contribution in [1.82, 2.24) is 34.4 Å². The number of nitrogens with zero attached hydrogens (tertiary/aromatic N) is 5. The number of methoxy groups -OCH3 is 1. The largest absolute Gasteiger partial charge is 0.493 e. The average Bonchev–Trinajstić information content (AvgIpc) is 3.81. The normalized spacial score (nSPS) is 12.4. The molecule has 3 heterocycles. The van der Waals surface area contributed by atoms with Crippen molar-refractivity contribution in [2.45, 2.75) is 25.8 Å². The molecule has 238 valence electrons. The van der Waals surface area contributed by atoms with E-state index in [2.05, 4.69) is 15.3 Å². The van der Waals surface area contributed by atoms with E-state index in [0.717, 1.165) is 16.7 Å². The maximum atomic E-state index is 13.1. The van der Waals surface area contributed by atoms with Crippen LogP contribution in [-0.2, 0) is 16.7 Å². The Morgan fingerprint density at radius 1 is 1.07 bits per heavy atom. The number of imidazole rings is 3. The Hall–Kier alpha value is -5.21. The quantitative estimate of drug-likeness (QED) is 0.123. The van der Waals surface area contributed by atoms with Crippen LogP contribution >= 0.6 is 0 Å². The lowest BCUT2D eigenvalue weighted by Gasteiger charge is -2.13. The molecule has 0 radical (unpaired) electrons. The van der Waals surface area contributed by atoms with E-state index < -0.39 is 15.9 Å². The van der Waals surface area contributed by atoms with Gasteiger partial charge in [0.05, 0.1) is 53.7 Å². The third-order valence-corrected chi connectivity index (χ3v) is 8.43. The fourth-order valence-electron chi connectivity index (χ4n) is 5.33. The van der Waals surface area contributed by atoms with Crippen LogP contribution in [0.2, 0.25) is 0 Å². The summed E-state index contributed by atoms with van der Waals surface area (Å²) in [6, 6.07) is 18.4. The highest BCUT2D eigenvalue weighted by Crippen LogP contribution is 2.29. The van der Waals surface area contributed by atoms with E-state index in [1.807, 2.05) is 52.6 Å². The van der Waals surface area contributed by atoms with Gasteiger partial charge in [-0.2, -0.15) is 8.42 Å². The third kappa shape index (κ3) is 6.72. The van der Waals surface area contributed by atoms with Crippen molar-refractivity contribution in [2.24, 2.45) is 0 Å². The summed E-state index contributed by atoms with van der Waals surface area (Å²) in [4.78, 5) is 30.3. The summed E-state index contributed by atoms with van der Waals surface area (Å²) in [6.45, 7) is 2.72. The molecule has 46 heavy (non-hydrogen) atoms. The number of para-hydroxylation sites is 2. The van der Waals surface area contributed by atoms with Gasteiger partial charge in [0.2, 0.25) is 0 Å². The van der Waals surface area contributed by atoms with Crippen LogP contribution in [0.4, 0.5) is 0 Å². The number of fused-ring (bicyclic) bond motifs is 2.